The van der Waals surface area contributed by atoms with Gasteiger partial charge < -0.3 is 10.5 Å². The van der Waals surface area contributed by atoms with E-state index in [9.17, 15) is 0 Å². The Morgan fingerprint density at radius 2 is 2.00 bits per heavy atom. The SMILES string of the molecule is CCCOCCC(CC)CN. The van der Waals surface area contributed by atoms with Gasteiger partial charge in [0.2, 0.25) is 0 Å². The van der Waals surface area contributed by atoms with E-state index in [1.165, 1.54) is 6.42 Å². The molecule has 2 N–H and O–H groups in total. The first kappa shape index (κ1) is 10.9. The molecule has 0 aromatic carbocycles. The van der Waals surface area contributed by atoms with Gasteiger partial charge >= 0.3 is 0 Å². The maximum Gasteiger partial charge on any atom is 0.0469 e. The summed E-state index contributed by atoms with van der Waals surface area (Å²) in [6.45, 7) is 6.87. The smallest absolute Gasteiger partial charge is 0.0469 e. The molecule has 0 aliphatic heterocycles. The molecule has 0 saturated carbocycles. The van der Waals surface area contributed by atoms with Gasteiger partial charge in [-0.25, -0.2) is 0 Å². The van der Waals surface area contributed by atoms with Gasteiger partial charge in [0.1, 0.15) is 0 Å². The highest BCUT2D eigenvalue weighted by molar-refractivity contribution is 4.56. The zero-order valence-electron chi connectivity index (χ0n) is 7.81. The molecule has 1 atom stereocenters. The molecule has 0 aliphatic carbocycles. The summed E-state index contributed by atoms with van der Waals surface area (Å²) in [7, 11) is 0. The Morgan fingerprint density at radius 3 is 2.45 bits per heavy atom. The van der Waals surface area contributed by atoms with Gasteiger partial charge in [0.15, 0.2) is 0 Å². The summed E-state index contributed by atoms with van der Waals surface area (Å²) in [5.41, 5.74) is 5.54. The lowest BCUT2D eigenvalue weighted by Gasteiger charge is -2.11. The van der Waals surface area contributed by atoms with Crippen LogP contribution < -0.4 is 5.73 Å². The summed E-state index contributed by atoms with van der Waals surface area (Å²) >= 11 is 0. The Bertz CT molecular complexity index is 72.0. The van der Waals surface area contributed by atoms with E-state index in [2.05, 4.69) is 13.8 Å². The van der Waals surface area contributed by atoms with Gasteiger partial charge in [-0.1, -0.05) is 20.3 Å². The first-order valence-electron chi connectivity index (χ1n) is 4.62. The van der Waals surface area contributed by atoms with Crippen molar-refractivity contribution >= 4 is 0 Å². The highest BCUT2D eigenvalue weighted by Crippen LogP contribution is 2.05. The average Bonchev–Trinajstić information content (AvgIpc) is 2.05. The van der Waals surface area contributed by atoms with Crippen LogP contribution in [0.5, 0.6) is 0 Å². The second-order valence-corrected chi connectivity index (χ2v) is 2.91. The molecule has 1 unspecified atom stereocenters. The molecule has 11 heavy (non-hydrogen) atoms. The average molecular weight is 159 g/mol. The number of rotatable bonds is 7. The molecule has 0 amide bonds. The van der Waals surface area contributed by atoms with Gasteiger partial charge in [0.25, 0.3) is 0 Å². The van der Waals surface area contributed by atoms with Gasteiger partial charge in [-0.05, 0) is 25.3 Å². The zero-order chi connectivity index (χ0) is 8.53. The van der Waals surface area contributed by atoms with Crippen LogP contribution >= 0.6 is 0 Å². The summed E-state index contributed by atoms with van der Waals surface area (Å²) in [4.78, 5) is 0. The molecule has 2 nitrogen and oxygen atoms in total. The van der Waals surface area contributed by atoms with Crippen LogP contribution in [0.4, 0.5) is 0 Å². The zero-order valence-corrected chi connectivity index (χ0v) is 7.81. The Hall–Kier alpha value is -0.0800. The van der Waals surface area contributed by atoms with E-state index in [0.717, 1.165) is 32.6 Å². The molecule has 0 saturated heterocycles. The van der Waals surface area contributed by atoms with Crippen molar-refractivity contribution < 1.29 is 4.74 Å². The van der Waals surface area contributed by atoms with Gasteiger partial charge in [0, 0.05) is 13.2 Å². The molecule has 0 bridgehead atoms. The van der Waals surface area contributed by atoms with E-state index in [0.29, 0.717) is 5.92 Å². The number of hydrogen-bond acceptors (Lipinski definition) is 2. The van der Waals surface area contributed by atoms with Crippen LogP contribution in [0.2, 0.25) is 0 Å². The van der Waals surface area contributed by atoms with Crippen LogP contribution in [0.25, 0.3) is 0 Å². The summed E-state index contributed by atoms with van der Waals surface area (Å²) < 4.78 is 5.36. The van der Waals surface area contributed by atoms with Crippen LogP contribution in [0.15, 0.2) is 0 Å². The summed E-state index contributed by atoms with van der Waals surface area (Å²) in [6.07, 6.45) is 3.40. The molecule has 0 heterocycles. The van der Waals surface area contributed by atoms with E-state index in [1.54, 1.807) is 0 Å². The largest absolute Gasteiger partial charge is 0.381 e. The van der Waals surface area contributed by atoms with Crippen molar-refractivity contribution in [3.8, 4) is 0 Å². The van der Waals surface area contributed by atoms with E-state index in [1.807, 2.05) is 0 Å². The predicted octanol–water partition coefficient (Wildman–Crippen LogP) is 1.79. The third-order valence-electron chi connectivity index (χ3n) is 1.93. The lowest BCUT2D eigenvalue weighted by Crippen LogP contribution is -2.15. The molecular weight excluding hydrogens is 138 g/mol. The molecule has 0 aliphatic rings. The Labute approximate surface area is 70.1 Å². The third kappa shape index (κ3) is 6.32. The van der Waals surface area contributed by atoms with E-state index < -0.39 is 0 Å². The molecule has 0 aromatic rings. The van der Waals surface area contributed by atoms with Crippen molar-refractivity contribution in [3.05, 3.63) is 0 Å². The second-order valence-electron chi connectivity index (χ2n) is 2.91. The molecule has 0 rings (SSSR count). The van der Waals surface area contributed by atoms with Crippen LogP contribution in [-0.2, 0) is 4.74 Å². The Morgan fingerprint density at radius 1 is 1.27 bits per heavy atom. The number of nitrogens with two attached hydrogens (primary N) is 1. The lowest BCUT2D eigenvalue weighted by molar-refractivity contribution is 0.121. The van der Waals surface area contributed by atoms with Gasteiger partial charge in [-0.2, -0.15) is 0 Å². The topological polar surface area (TPSA) is 35.2 Å². The molecule has 0 aromatic heterocycles. The molecule has 2 heteroatoms. The van der Waals surface area contributed by atoms with Crippen LogP contribution in [0.3, 0.4) is 0 Å². The third-order valence-corrected chi connectivity index (χ3v) is 1.93. The van der Waals surface area contributed by atoms with Gasteiger partial charge in [-0.15, -0.1) is 0 Å². The quantitative estimate of drug-likeness (QED) is 0.575. The van der Waals surface area contributed by atoms with Crippen molar-refractivity contribution in [2.45, 2.75) is 33.1 Å². The molecule has 0 radical (unpaired) electrons. The minimum atomic E-state index is 0.659. The predicted molar refractivity (Wildman–Crippen MR) is 48.6 cm³/mol. The Kier molecular flexibility index (Phi) is 7.96. The molecule has 0 spiro atoms. The fourth-order valence-corrected chi connectivity index (χ4v) is 0.985. The number of ether oxygens (including phenoxy) is 1. The van der Waals surface area contributed by atoms with Crippen molar-refractivity contribution in [1.29, 1.82) is 0 Å². The van der Waals surface area contributed by atoms with Crippen LogP contribution in [-0.4, -0.2) is 19.8 Å². The normalized spacial score (nSPS) is 13.4. The van der Waals surface area contributed by atoms with E-state index in [-0.39, 0.29) is 0 Å². The van der Waals surface area contributed by atoms with Gasteiger partial charge in [-0.3, -0.25) is 0 Å². The first-order valence-corrected chi connectivity index (χ1v) is 4.62. The maximum atomic E-state index is 5.54. The summed E-state index contributed by atoms with van der Waals surface area (Å²) in [5.74, 6) is 0.659. The van der Waals surface area contributed by atoms with Crippen molar-refractivity contribution in [1.82, 2.24) is 0 Å². The fraction of sp³-hybridized carbons (Fsp3) is 1.00. The number of hydrogen-bond donors (Lipinski definition) is 1. The highest BCUT2D eigenvalue weighted by Gasteiger charge is 2.01. The van der Waals surface area contributed by atoms with Crippen LogP contribution in [0.1, 0.15) is 33.1 Å². The van der Waals surface area contributed by atoms with Crippen molar-refractivity contribution in [2.24, 2.45) is 11.7 Å². The second kappa shape index (κ2) is 8.02. The highest BCUT2D eigenvalue weighted by atomic mass is 16.5. The van der Waals surface area contributed by atoms with E-state index >= 15 is 0 Å². The molecular formula is C9H21NO. The first-order chi connectivity index (χ1) is 5.35. The molecule has 0 fully saturated rings. The van der Waals surface area contributed by atoms with Crippen LogP contribution in [0, 0.1) is 5.92 Å². The summed E-state index contributed by atoms with van der Waals surface area (Å²) in [6, 6.07) is 0. The standard InChI is InChI=1S/C9H21NO/c1-3-6-11-7-5-9(4-2)8-10/h9H,3-8,10H2,1-2H3. The van der Waals surface area contributed by atoms with Gasteiger partial charge in [0.05, 0.1) is 0 Å². The Balaban J connectivity index is 3.07. The maximum absolute atomic E-state index is 5.54. The monoisotopic (exact) mass is 159 g/mol. The van der Waals surface area contributed by atoms with Crippen molar-refractivity contribution in [3.63, 3.8) is 0 Å². The minimum Gasteiger partial charge on any atom is -0.381 e. The van der Waals surface area contributed by atoms with E-state index in [4.69, 9.17) is 10.5 Å². The fourth-order valence-electron chi connectivity index (χ4n) is 0.985. The molecule has 68 valence electrons. The lowest BCUT2D eigenvalue weighted by atomic mass is 10.0. The van der Waals surface area contributed by atoms with Crippen molar-refractivity contribution in [2.75, 3.05) is 19.8 Å². The summed E-state index contributed by atoms with van der Waals surface area (Å²) in [5, 5.41) is 0. The minimum absolute atomic E-state index is 0.659.